The molecule has 5 heteroatoms. The molecule has 112 valence electrons. The topological polar surface area (TPSA) is 21.3 Å². The van der Waals surface area contributed by atoms with Gasteiger partial charge in [0, 0.05) is 16.6 Å². The van der Waals surface area contributed by atoms with Crippen LogP contribution < -0.4 is 10.1 Å². The fourth-order valence-corrected chi connectivity index (χ4v) is 3.22. The van der Waals surface area contributed by atoms with E-state index in [1.54, 1.807) is 12.1 Å². The number of benzene rings is 1. The minimum atomic E-state index is -2.79. The average molecular weight is 348 g/mol. The summed E-state index contributed by atoms with van der Waals surface area (Å²) in [5.74, 6) is 1.69. The van der Waals surface area contributed by atoms with Gasteiger partial charge < -0.3 is 10.1 Å². The maximum absolute atomic E-state index is 12.4. The fourth-order valence-electron chi connectivity index (χ4n) is 2.81. The Kier molecular flexibility index (Phi) is 5.78. The van der Waals surface area contributed by atoms with E-state index in [4.69, 9.17) is 0 Å². The molecule has 2 unspecified atom stereocenters. The van der Waals surface area contributed by atoms with Crippen LogP contribution in [0.5, 0.6) is 5.75 Å². The van der Waals surface area contributed by atoms with E-state index in [0.29, 0.717) is 12.5 Å². The number of halogens is 3. The quantitative estimate of drug-likeness (QED) is 0.813. The fraction of sp³-hybridized carbons (Fsp3) is 0.600. The zero-order valence-electron chi connectivity index (χ0n) is 11.5. The number of rotatable bonds is 6. The molecule has 2 rings (SSSR count). The van der Waals surface area contributed by atoms with Crippen molar-refractivity contribution < 1.29 is 13.5 Å². The van der Waals surface area contributed by atoms with Crippen LogP contribution in [0.4, 0.5) is 8.78 Å². The third kappa shape index (κ3) is 4.42. The Hall–Kier alpha value is -0.680. The van der Waals surface area contributed by atoms with E-state index in [2.05, 4.69) is 32.9 Å². The van der Waals surface area contributed by atoms with E-state index in [9.17, 15) is 8.78 Å². The van der Waals surface area contributed by atoms with E-state index in [1.165, 1.54) is 19.3 Å². The van der Waals surface area contributed by atoms with Gasteiger partial charge in [-0.1, -0.05) is 35.7 Å². The molecule has 1 aromatic carbocycles. The first-order valence-electron chi connectivity index (χ1n) is 7.00. The first-order chi connectivity index (χ1) is 9.56. The molecule has 2 nitrogen and oxygen atoms in total. The van der Waals surface area contributed by atoms with Crippen LogP contribution >= 0.6 is 15.9 Å². The molecule has 1 fully saturated rings. The van der Waals surface area contributed by atoms with Crippen molar-refractivity contribution in [3.8, 4) is 5.75 Å². The van der Waals surface area contributed by atoms with E-state index in [1.807, 2.05) is 6.07 Å². The average Bonchev–Trinajstić information content (AvgIpc) is 2.78. The highest BCUT2D eigenvalue weighted by molar-refractivity contribution is 9.10. The van der Waals surface area contributed by atoms with Gasteiger partial charge in [0.2, 0.25) is 0 Å². The Labute approximate surface area is 127 Å². The maximum Gasteiger partial charge on any atom is 0.387 e. The molecule has 1 aliphatic carbocycles. The summed E-state index contributed by atoms with van der Waals surface area (Å²) in [7, 11) is 0. The van der Waals surface area contributed by atoms with Gasteiger partial charge in [0.1, 0.15) is 5.75 Å². The molecular weight excluding hydrogens is 328 g/mol. The summed E-state index contributed by atoms with van der Waals surface area (Å²) >= 11 is 3.36. The molecular formula is C15H20BrF2NO. The van der Waals surface area contributed by atoms with E-state index in [-0.39, 0.29) is 5.75 Å². The van der Waals surface area contributed by atoms with E-state index >= 15 is 0 Å². The highest BCUT2D eigenvalue weighted by Gasteiger charge is 2.22. The Morgan fingerprint density at radius 3 is 2.85 bits per heavy atom. The van der Waals surface area contributed by atoms with Crippen LogP contribution in [0.25, 0.3) is 0 Å². The van der Waals surface area contributed by atoms with Gasteiger partial charge in [0.25, 0.3) is 0 Å². The molecule has 0 bridgehead atoms. The molecule has 0 saturated heterocycles. The molecule has 1 aliphatic rings. The Bertz CT molecular complexity index is 442. The predicted molar refractivity (Wildman–Crippen MR) is 79.0 cm³/mol. The third-order valence-corrected chi connectivity index (χ3v) is 4.49. The molecule has 1 N–H and O–H groups in total. The van der Waals surface area contributed by atoms with Crippen molar-refractivity contribution in [3.05, 3.63) is 28.2 Å². The second-order valence-electron chi connectivity index (χ2n) is 5.43. The zero-order chi connectivity index (χ0) is 14.5. The summed E-state index contributed by atoms with van der Waals surface area (Å²) in [6.07, 6.45) is 3.85. The monoisotopic (exact) mass is 347 g/mol. The van der Waals surface area contributed by atoms with Gasteiger partial charge in [-0.15, -0.1) is 0 Å². The minimum Gasteiger partial charge on any atom is -0.434 e. The van der Waals surface area contributed by atoms with Crippen molar-refractivity contribution in [1.82, 2.24) is 5.32 Å². The van der Waals surface area contributed by atoms with Crippen LogP contribution in [0.3, 0.4) is 0 Å². The second-order valence-corrected chi connectivity index (χ2v) is 6.35. The maximum atomic E-state index is 12.4. The summed E-state index contributed by atoms with van der Waals surface area (Å²) in [5.41, 5.74) is 0.755. The standard InChI is InChI=1S/C15H20BrF2NO/c1-10-3-2-4-11(10)8-19-9-12-7-13(16)5-6-14(12)20-15(17)18/h5-7,10-11,15,19H,2-4,8-9H2,1H3. The van der Waals surface area contributed by atoms with Gasteiger partial charge in [-0.05, 0) is 43.0 Å². The van der Waals surface area contributed by atoms with Crippen molar-refractivity contribution in [3.63, 3.8) is 0 Å². The molecule has 2 atom stereocenters. The first kappa shape index (κ1) is 15.7. The Morgan fingerprint density at radius 2 is 2.20 bits per heavy atom. The van der Waals surface area contributed by atoms with Gasteiger partial charge in [-0.3, -0.25) is 0 Å². The smallest absolute Gasteiger partial charge is 0.387 e. The van der Waals surface area contributed by atoms with Crippen LogP contribution in [-0.2, 0) is 6.54 Å². The van der Waals surface area contributed by atoms with Crippen molar-refractivity contribution >= 4 is 15.9 Å². The second kappa shape index (κ2) is 7.36. The number of nitrogens with one attached hydrogen (secondary N) is 1. The van der Waals surface area contributed by atoms with Crippen molar-refractivity contribution in [2.24, 2.45) is 11.8 Å². The molecule has 0 spiro atoms. The van der Waals surface area contributed by atoms with Crippen molar-refractivity contribution in [1.29, 1.82) is 0 Å². The lowest BCUT2D eigenvalue weighted by Crippen LogP contribution is -2.24. The molecule has 0 heterocycles. The highest BCUT2D eigenvalue weighted by Crippen LogP contribution is 2.31. The van der Waals surface area contributed by atoms with Crippen molar-refractivity contribution in [2.45, 2.75) is 39.3 Å². The molecule has 1 aromatic rings. The third-order valence-electron chi connectivity index (χ3n) is 4.00. The van der Waals surface area contributed by atoms with Crippen LogP contribution in [0, 0.1) is 11.8 Å². The van der Waals surface area contributed by atoms with Gasteiger partial charge in [-0.2, -0.15) is 8.78 Å². The molecule has 0 aliphatic heterocycles. The van der Waals surface area contributed by atoms with Crippen LogP contribution in [0.2, 0.25) is 0 Å². The summed E-state index contributed by atoms with van der Waals surface area (Å²) in [4.78, 5) is 0. The van der Waals surface area contributed by atoms with Gasteiger partial charge in [0.15, 0.2) is 0 Å². The number of alkyl halides is 2. The molecule has 0 radical (unpaired) electrons. The number of hydrogen-bond donors (Lipinski definition) is 1. The van der Waals surface area contributed by atoms with Crippen LogP contribution in [0.1, 0.15) is 31.7 Å². The summed E-state index contributed by atoms with van der Waals surface area (Å²) in [6, 6.07) is 5.11. The lowest BCUT2D eigenvalue weighted by Gasteiger charge is -2.17. The Morgan fingerprint density at radius 1 is 1.40 bits per heavy atom. The molecule has 0 amide bonds. The van der Waals surface area contributed by atoms with E-state index in [0.717, 1.165) is 22.5 Å². The van der Waals surface area contributed by atoms with Gasteiger partial charge >= 0.3 is 6.61 Å². The predicted octanol–water partition coefficient (Wildman–Crippen LogP) is 4.58. The normalized spacial score (nSPS) is 22.4. The van der Waals surface area contributed by atoms with E-state index < -0.39 is 6.61 Å². The Balaban J connectivity index is 1.92. The summed E-state index contributed by atoms with van der Waals surface area (Å²) < 4.78 is 30.1. The lowest BCUT2D eigenvalue weighted by molar-refractivity contribution is -0.0505. The molecule has 20 heavy (non-hydrogen) atoms. The minimum absolute atomic E-state index is 0.246. The van der Waals surface area contributed by atoms with Crippen LogP contribution in [0.15, 0.2) is 22.7 Å². The van der Waals surface area contributed by atoms with Crippen molar-refractivity contribution in [2.75, 3.05) is 6.54 Å². The summed E-state index contributed by atoms with van der Waals surface area (Å²) in [5, 5.41) is 3.37. The van der Waals surface area contributed by atoms with Crippen LogP contribution in [-0.4, -0.2) is 13.2 Å². The number of hydrogen-bond acceptors (Lipinski definition) is 2. The van der Waals surface area contributed by atoms with Gasteiger partial charge in [0.05, 0.1) is 0 Å². The SMILES string of the molecule is CC1CCCC1CNCc1cc(Br)ccc1OC(F)F. The largest absolute Gasteiger partial charge is 0.434 e. The molecule has 1 saturated carbocycles. The summed E-state index contributed by atoms with van der Waals surface area (Å²) in [6.45, 7) is 0.973. The molecule has 0 aromatic heterocycles. The lowest BCUT2D eigenvalue weighted by atomic mass is 9.98. The number of ether oxygens (including phenoxy) is 1. The highest BCUT2D eigenvalue weighted by atomic mass is 79.9. The first-order valence-corrected chi connectivity index (χ1v) is 7.79. The zero-order valence-corrected chi connectivity index (χ0v) is 13.1. The van der Waals surface area contributed by atoms with Gasteiger partial charge in [-0.25, -0.2) is 0 Å².